The summed E-state index contributed by atoms with van der Waals surface area (Å²) in [5, 5.41) is 13.6. The smallest absolute Gasteiger partial charge is 0.305 e. The maximum Gasteiger partial charge on any atom is 0.305 e. The normalized spacial score (nSPS) is 13.6. The number of fused-ring (bicyclic) bond motifs is 1. The van der Waals surface area contributed by atoms with Gasteiger partial charge in [0.1, 0.15) is 0 Å². The molecule has 0 saturated carbocycles. The molecule has 0 radical (unpaired) electrons. The van der Waals surface area contributed by atoms with Crippen LogP contribution in [0.3, 0.4) is 0 Å². The molecule has 0 heterocycles. The van der Waals surface area contributed by atoms with E-state index in [2.05, 4.69) is 5.32 Å². The fraction of sp³-hybridized carbons (Fsp3) is 0.250. The second kappa shape index (κ2) is 6.37. The lowest BCUT2D eigenvalue weighted by Gasteiger charge is -2.18. The highest BCUT2D eigenvalue weighted by Gasteiger charge is 2.19. The minimum absolute atomic E-state index is 0.247. The maximum absolute atomic E-state index is 11.9. The number of amides is 1. The molecule has 0 unspecified atom stereocenters. The predicted molar refractivity (Wildman–Crippen MR) is 80.7 cm³/mol. The van der Waals surface area contributed by atoms with E-state index in [9.17, 15) is 9.59 Å². The van der Waals surface area contributed by atoms with Gasteiger partial charge in [-0.1, -0.05) is 42.5 Å². The van der Waals surface area contributed by atoms with E-state index in [1.807, 2.05) is 49.4 Å². The average Bonchev–Trinajstić information content (AvgIpc) is 2.45. The van der Waals surface area contributed by atoms with Gasteiger partial charge in [-0.25, -0.2) is 0 Å². The van der Waals surface area contributed by atoms with Crippen molar-refractivity contribution >= 4 is 22.6 Å². The Bertz CT molecular complexity index is 664. The number of nitrogens with one attached hydrogen (secondary N) is 1. The molecule has 0 spiro atoms. The topological polar surface area (TPSA) is 92.4 Å². The Labute approximate surface area is 122 Å². The van der Waals surface area contributed by atoms with Crippen LogP contribution in [0.25, 0.3) is 10.8 Å². The van der Waals surface area contributed by atoms with Crippen molar-refractivity contribution in [2.45, 2.75) is 25.4 Å². The van der Waals surface area contributed by atoms with E-state index in [1.165, 1.54) is 0 Å². The second-order valence-corrected chi connectivity index (χ2v) is 5.00. The molecule has 4 N–H and O–H groups in total. The van der Waals surface area contributed by atoms with Gasteiger partial charge >= 0.3 is 5.97 Å². The van der Waals surface area contributed by atoms with Crippen molar-refractivity contribution in [3.8, 4) is 0 Å². The van der Waals surface area contributed by atoms with Gasteiger partial charge in [-0.3, -0.25) is 9.59 Å². The lowest BCUT2D eigenvalue weighted by atomic mass is 9.99. The van der Waals surface area contributed by atoms with Gasteiger partial charge < -0.3 is 16.2 Å². The number of carboxylic acids is 1. The summed E-state index contributed by atoms with van der Waals surface area (Å²) < 4.78 is 0. The molecular weight excluding hydrogens is 268 g/mol. The molecule has 5 nitrogen and oxygen atoms in total. The molecule has 0 fully saturated rings. The largest absolute Gasteiger partial charge is 0.481 e. The van der Waals surface area contributed by atoms with Gasteiger partial charge in [-0.05, 0) is 23.3 Å². The Kier molecular flexibility index (Phi) is 4.55. The Morgan fingerprint density at radius 3 is 2.57 bits per heavy atom. The molecule has 2 aromatic rings. The number of carbonyl (C=O) groups excluding carboxylic acids is 1. The predicted octanol–water partition coefficient (Wildman–Crippen LogP) is 1.82. The minimum atomic E-state index is -1.09. The van der Waals surface area contributed by atoms with Gasteiger partial charge in [0.05, 0.1) is 18.5 Å². The van der Waals surface area contributed by atoms with Crippen LogP contribution in [0.5, 0.6) is 0 Å². The second-order valence-electron chi connectivity index (χ2n) is 5.00. The summed E-state index contributed by atoms with van der Waals surface area (Å²) >= 11 is 0. The third-order valence-corrected chi connectivity index (χ3v) is 3.38. The van der Waals surface area contributed by atoms with Crippen LogP contribution in [-0.4, -0.2) is 23.0 Å². The van der Waals surface area contributed by atoms with E-state index < -0.39 is 17.9 Å². The molecule has 5 heteroatoms. The van der Waals surface area contributed by atoms with Crippen LogP contribution < -0.4 is 11.1 Å². The third-order valence-electron chi connectivity index (χ3n) is 3.38. The monoisotopic (exact) mass is 286 g/mol. The standard InChI is InChI=1S/C16H18N2O3/c1-10(18-16(21)14(17)9-15(19)20)12-8-4-6-11-5-2-3-7-13(11)12/h2-8,10,14H,9,17H2,1H3,(H,18,21)(H,19,20)/t10-,14-/m0/s1. The fourth-order valence-electron chi connectivity index (χ4n) is 2.31. The number of nitrogens with two attached hydrogens (primary N) is 1. The molecule has 0 aliphatic carbocycles. The Morgan fingerprint density at radius 2 is 1.86 bits per heavy atom. The quantitative estimate of drug-likeness (QED) is 0.781. The number of rotatable bonds is 5. The maximum atomic E-state index is 11.9. The highest BCUT2D eigenvalue weighted by Crippen LogP contribution is 2.24. The molecule has 0 saturated heterocycles. The van der Waals surface area contributed by atoms with Crippen LogP contribution >= 0.6 is 0 Å². The van der Waals surface area contributed by atoms with Crippen molar-refractivity contribution in [3.63, 3.8) is 0 Å². The molecule has 0 aromatic heterocycles. The number of aliphatic carboxylic acids is 1. The first kappa shape index (κ1) is 15.0. The molecule has 21 heavy (non-hydrogen) atoms. The zero-order valence-electron chi connectivity index (χ0n) is 11.7. The summed E-state index contributed by atoms with van der Waals surface area (Å²) in [4.78, 5) is 22.5. The fourth-order valence-corrected chi connectivity index (χ4v) is 2.31. The molecule has 0 aliphatic rings. The van der Waals surface area contributed by atoms with E-state index in [0.29, 0.717) is 0 Å². The number of benzene rings is 2. The molecule has 1 amide bonds. The SMILES string of the molecule is C[C@H](NC(=O)[C@@H](N)CC(=O)O)c1cccc2ccccc12. The van der Waals surface area contributed by atoms with Crippen molar-refractivity contribution in [2.24, 2.45) is 5.73 Å². The Morgan fingerprint density at radius 1 is 1.19 bits per heavy atom. The highest BCUT2D eigenvalue weighted by molar-refractivity contribution is 5.88. The van der Waals surface area contributed by atoms with E-state index in [0.717, 1.165) is 16.3 Å². The van der Waals surface area contributed by atoms with Gasteiger partial charge in [0.2, 0.25) is 5.91 Å². The van der Waals surface area contributed by atoms with Crippen LogP contribution in [0.15, 0.2) is 42.5 Å². The molecule has 2 atom stereocenters. The highest BCUT2D eigenvalue weighted by atomic mass is 16.4. The van der Waals surface area contributed by atoms with Gasteiger partial charge in [-0.2, -0.15) is 0 Å². The Hall–Kier alpha value is -2.40. The van der Waals surface area contributed by atoms with Gasteiger partial charge in [0, 0.05) is 0 Å². The zero-order valence-corrected chi connectivity index (χ0v) is 11.7. The summed E-state index contributed by atoms with van der Waals surface area (Å²) in [6, 6.07) is 12.5. The lowest BCUT2D eigenvalue weighted by molar-refractivity contribution is -0.139. The summed E-state index contributed by atoms with van der Waals surface area (Å²) in [6.07, 6.45) is -0.381. The first-order valence-electron chi connectivity index (χ1n) is 6.74. The van der Waals surface area contributed by atoms with E-state index in [1.54, 1.807) is 0 Å². The van der Waals surface area contributed by atoms with Crippen LogP contribution in [-0.2, 0) is 9.59 Å². The van der Waals surface area contributed by atoms with Gasteiger partial charge in [-0.15, -0.1) is 0 Å². The number of hydrogen-bond donors (Lipinski definition) is 3. The van der Waals surface area contributed by atoms with Crippen molar-refractivity contribution < 1.29 is 14.7 Å². The van der Waals surface area contributed by atoms with Crippen LogP contribution in [0.1, 0.15) is 24.9 Å². The molecule has 0 aliphatic heterocycles. The van der Waals surface area contributed by atoms with Crippen molar-refractivity contribution in [3.05, 3.63) is 48.0 Å². The van der Waals surface area contributed by atoms with Crippen LogP contribution in [0.2, 0.25) is 0 Å². The van der Waals surface area contributed by atoms with Crippen molar-refractivity contribution in [1.29, 1.82) is 0 Å². The molecule has 2 rings (SSSR count). The van der Waals surface area contributed by atoms with Crippen molar-refractivity contribution in [1.82, 2.24) is 5.32 Å². The first-order valence-corrected chi connectivity index (χ1v) is 6.74. The summed E-state index contributed by atoms with van der Waals surface area (Å²) in [6.45, 7) is 1.85. The third kappa shape index (κ3) is 3.58. The molecule has 2 aromatic carbocycles. The molecular formula is C16H18N2O3. The lowest BCUT2D eigenvalue weighted by Crippen LogP contribution is -2.42. The van der Waals surface area contributed by atoms with Gasteiger partial charge in [0.15, 0.2) is 0 Å². The first-order chi connectivity index (χ1) is 9.99. The van der Waals surface area contributed by atoms with Gasteiger partial charge in [0.25, 0.3) is 0 Å². The van der Waals surface area contributed by atoms with Crippen LogP contribution in [0.4, 0.5) is 0 Å². The summed E-state index contributed by atoms with van der Waals surface area (Å²) in [5.74, 6) is -1.55. The number of carbonyl (C=O) groups is 2. The molecule has 110 valence electrons. The van der Waals surface area contributed by atoms with E-state index >= 15 is 0 Å². The van der Waals surface area contributed by atoms with E-state index in [-0.39, 0.29) is 12.5 Å². The molecule has 0 bridgehead atoms. The van der Waals surface area contributed by atoms with Crippen molar-refractivity contribution in [2.75, 3.05) is 0 Å². The minimum Gasteiger partial charge on any atom is -0.481 e. The number of carboxylic acid groups (broad SMARTS) is 1. The average molecular weight is 286 g/mol. The summed E-state index contributed by atoms with van der Waals surface area (Å²) in [7, 11) is 0. The summed E-state index contributed by atoms with van der Waals surface area (Å²) in [5.41, 5.74) is 6.54. The zero-order chi connectivity index (χ0) is 15.4. The van der Waals surface area contributed by atoms with E-state index in [4.69, 9.17) is 10.8 Å². The van der Waals surface area contributed by atoms with Crippen LogP contribution in [0, 0.1) is 0 Å². The number of hydrogen-bond acceptors (Lipinski definition) is 3. The Balaban J connectivity index is 2.17.